The van der Waals surface area contributed by atoms with Crippen molar-refractivity contribution in [3.8, 4) is 0 Å². The number of nitrogens with two attached hydrogens (primary N) is 1. The fraction of sp³-hybridized carbons (Fsp3) is 0.917. The topological polar surface area (TPSA) is 58.4 Å². The quantitative estimate of drug-likeness (QED) is 0.665. The second-order valence-corrected chi connectivity index (χ2v) is 4.04. The van der Waals surface area contributed by atoms with Crippen LogP contribution < -0.4 is 11.1 Å². The summed E-state index contributed by atoms with van der Waals surface area (Å²) in [5, 5.41) is 3.08. The molecule has 1 fully saturated rings. The first-order valence-corrected chi connectivity index (χ1v) is 7.00. The van der Waals surface area contributed by atoms with Crippen molar-refractivity contribution >= 4 is 17.7 Å². The summed E-state index contributed by atoms with van der Waals surface area (Å²) in [5.74, 6) is 0. The molecule has 0 radical (unpaired) electrons. The minimum absolute atomic E-state index is 0.0309. The van der Waals surface area contributed by atoms with Crippen LogP contribution in [0, 0.1) is 0 Å². The molecule has 1 aliphatic rings. The van der Waals surface area contributed by atoms with E-state index in [0.717, 1.165) is 0 Å². The predicted molar refractivity (Wildman–Crippen MR) is 78.6 cm³/mol. The van der Waals surface area contributed by atoms with Crippen LogP contribution in [-0.2, 0) is 4.79 Å². The third kappa shape index (κ3) is 15.9. The standard InChI is InChI=1S/C8H18N2.C2H5NOS.C2H6/c1-2-3-6-10-7-4-9-5-8-10;3-1-2(4)5;1-2/h9H,2-8H2,1H3;1,3H2,(H,4,5);1-2H3. The van der Waals surface area contributed by atoms with E-state index in [0.29, 0.717) is 0 Å². The van der Waals surface area contributed by atoms with Gasteiger partial charge in [0, 0.05) is 26.2 Å². The van der Waals surface area contributed by atoms with Crippen molar-refractivity contribution < 1.29 is 4.79 Å². The van der Waals surface area contributed by atoms with Crippen LogP contribution in [0.5, 0.6) is 0 Å². The van der Waals surface area contributed by atoms with Gasteiger partial charge in [0.05, 0.1) is 6.54 Å². The van der Waals surface area contributed by atoms with Gasteiger partial charge in [-0.15, -0.1) is 12.6 Å². The highest BCUT2D eigenvalue weighted by atomic mass is 32.1. The smallest absolute Gasteiger partial charge is 0.199 e. The van der Waals surface area contributed by atoms with E-state index in [1.165, 1.54) is 45.6 Å². The maximum absolute atomic E-state index is 9.55. The molecule has 0 amide bonds. The molecule has 0 aromatic rings. The number of piperazine rings is 1. The number of rotatable bonds is 4. The molecule has 104 valence electrons. The Kier molecular flexibility index (Phi) is 18.0. The van der Waals surface area contributed by atoms with Crippen LogP contribution in [0.2, 0.25) is 0 Å². The van der Waals surface area contributed by atoms with E-state index in [1.807, 2.05) is 13.8 Å². The Bertz CT molecular complexity index is 162. The summed E-state index contributed by atoms with van der Waals surface area (Å²) in [6.45, 7) is 12.5. The van der Waals surface area contributed by atoms with E-state index in [2.05, 4.69) is 29.8 Å². The number of thiol groups is 1. The molecule has 1 saturated heterocycles. The lowest BCUT2D eigenvalue weighted by Gasteiger charge is -2.26. The lowest BCUT2D eigenvalue weighted by molar-refractivity contribution is -0.109. The molecule has 0 bridgehead atoms. The SMILES string of the molecule is CC.CCCCN1CCNCC1.NCC(=O)S. The largest absolute Gasteiger partial charge is 0.323 e. The Morgan fingerprint density at radius 2 is 1.82 bits per heavy atom. The number of hydrogen-bond donors (Lipinski definition) is 3. The zero-order valence-corrected chi connectivity index (χ0v) is 12.4. The van der Waals surface area contributed by atoms with Gasteiger partial charge in [0.2, 0.25) is 0 Å². The van der Waals surface area contributed by atoms with Crippen LogP contribution in [0.4, 0.5) is 0 Å². The predicted octanol–water partition coefficient (Wildman–Crippen LogP) is 1.12. The molecule has 1 heterocycles. The van der Waals surface area contributed by atoms with Gasteiger partial charge in [0.1, 0.15) is 0 Å². The Labute approximate surface area is 112 Å². The van der Waals surface area contributed by atoms with Crippen LogP contribution in [0.25, 0.3) is 0 Å². The van der Waals surface area contributed by atoms with E-state index in [-0.39, 0.29) is 11.7 Å². The maximum atomic E-state index is 9.55. The third-order valence-electron chi connectivity index (χ3n) is 2.21. The monoisotopic (exact) mass is 263 g/mol. The fourth-order valence-electron chi connectivity index (χ4n) is 1.32. The molecule has 0 unspecified atom stereocenters. The first kappa shape index (κ1) is 19.2. The molecular weight excluding hydrogens is 234 g/mol. The van der Waals surface area contributed by atoms with Crippen molar-refractivity contribution in [2.24, 2.45) is 5.73 Å². The number of carbonyl (C=O) groups excluding carboxylic acids is 1. The molecule has 0 saturated carbocycles. The highest BCUT2D eigenvalue weighted by Gasteiger charge is 2.06. The first-order chi connectivity index (χ1) is 8.20. The van der Waals surface area contributed by atoms with E-state index < -0.39 is 0 Å². The van der Waals surface area contributed by atoms with E-state index in [9.17, 15) is 4.79 Å². The highest BCUT2D eigenvalue weighted by Crippen LogP contribution is 1.95. The minimum atomic E-state index is -0.273. The minimum Gasteiger partial charge on any atom is -0.323 e. The molecule has 0 aliphatic carbocycles. The summed E-state index contributed by atoms with van der Waals surface area (Å²) in [5.41, 5.74) is 4.75. The van der Waals surface area contributed by atoms with Gasteiger partial charge in [-0.2, -0.15) is 0 Å². The summed E-state index contributed by atoms with van der Waals surface area (Å²) in [6, 6.07) is 0. The molecule has 5 heteroatoms. The van der Waals surface area contributed by atoms with Crippen molar-refractivity contribution in [2.45, 2.75) is 33.6 Å². The lowest BCUT2D eigenvalue weighted by Crippen LogP contribution is -2.43. The van der Waals surface area contributed by atoms with Gasteiger partial charge in [0.15, 0.2) is 5.12 Å². The fourth-order valence-corrected chi connectivity index (χ4v) is 1.32. The van der Waals surface area contributed by atoms with Crippen molar-refractivity contribution in [3.05, 3.63) is 0 Å². The Balaban J connectivity index is 0. The van der Waals surface area contributed by atoms with E-state index >= 15 is 0 Å². The summed E-state index contributed by atoms with van der Waals surface area (Å²) in [6.07, 6.45) is 2.68. The average Bonchev–Trinajstić information content (AvgIpc) is 2.40. The maximum Gasteiger partial charge on any atom is 0.199 e. The number of nitrogens with zero attached hydrogens (tertiary/aromatic N) is 1. The first-order valence-electron chi connectivity index (χ1n) is 6.55. The third-order valence-corrected chi connectivity index (χ3v) is 2.39. The molecular formula is C12H29N3OS. The summed E-state index contributed by atoms with van der Waals surface area (Å²) in [4.78, 5) is 12.1. The van der Waals surface area contributed by atoms with Crippen LogP contribution in [-0.4, -0.2) is 49.3 Å². The van der Waals surface area contributed by atoms with Crippen molar-refractivity contribution in [1.29, 1.82) is 0 Å². The van der Waals surface area contributed by atoms with Crippen LogP contribution in [0.15, 0.2) is 0 Å². The van der Waals surface area contributed by atoms with E-state index in [4.69, 9.17) is 5.73 Å². The molecule has 1 aliphatic heterocycles. The van der Waals surface area contributed by atoms with Crippen LogP contribution in [0.3, 0.4) is 0 Å². The van der Waals surface area contributed by atoms with Crippen molar-refractivity contribution in [1.82, 2.24) is 10.2 Å². The normalized spacial score (nSPS) is 15.1. The number of hydrogen-bond acceptors (Lipinski definition) is 4. The molecule has 0 atom stereocenters. The van der Waals surface area contributed by atoms with Gasteiger partial charge in [-0.3, -0.25) is 4.79 Å². The molecule has 17 heavy (non-hydrogen) atoms. The molecule has 0 aromatic carbocycles. The number of nitrogens with one attached hydrogen (secondary N) is 1. The molecule has 0 spiro atoms. The Morgan fingerprint density at radius 3 is 2.18 bits per heavy atom. The second-order valence-electron chi connectivity index (χ2n) is 3.54. The molecule has 3 N–H and O–H groups in total. The Hall–Kier alpha value is -0.100. The zero-order chi connectivity index (χ0) is 13.5. The zero-order valence-electron chi connectivity index (χ0n) is 11.5. The second kappa shape index (κ2) is 15.9. The van der Waals surface area contributed by atoms with Gasteiger partial charge in [-0.25, -0.2) is 0 Å². The van der Waals surface area contributed by atoms with Crippen molar-refractivity contribution in [3.63, 3.8) is 0 Å². The van der Waals surface area contributed by atoms with E-state index in [1.54, 1.807) is 0 Å². The van der Waals surface area contributed by atoms with Gasteiger partial charge in [0.25, 0.3) is 0 Å². The summed E-state index contributed by atoms with van der Waals surface area (Å²) in [7, 11) is 0. The van der Waals surface area contributed by atoms with Gasteiger partial charge in [-0.05, 0) is 13.0 Å². The van der Waals surface area contributed by atoms with Crippen LogP contribution >= 0.6 is 12.6 Å². The van der Waals surface area contributed by atoms with Gasteiger partial charge < -0.3 is 16.0 Å². The van der Waals surface area contributed by atoms with Crippen molar-refractivity contribution in [2.75, 3.05) is 39.3 Å². The number of unbranched alkanes of at least 4 members (excludes halogenated alkanes) is 1. The highest BCUT2D eigenvalue weighted by molar-refractivity contribution is 7.96. The molecule has 1 rings (SSSR count). The van der Waals surface area contributed by atoms with Crippen LogP contribution in [0.1, 0.15) is 33.6 Å². The molecule has 0 aromatic heterocycles. The summed E-state index contributed by atoms with van der Waals surface area (Å²) >= 11 is 3.33. The lowest BCUT2D eigenvalue weighted by atomic mass is 10.3. The van der Waals surface area contributed by atoms with Gasteiger partial charge >= 0.3 is 0 Å². The molecule has 4 nitrogen and oxygen atoms in total. The number of carbonyl (C=O) groups is 1. The Morgan fingerprint density at radius 1 is 1.35 bits per heavy atom. The van der Waals surface area contributed by atoms with Gasteiger partial charge in [-0.1, -0.05) is 27.2 Å². The summed E-state index contributed by atoms with van der Waals surface area (Å²) < 4.78 is 0. The average molecular weight is 263 g/mol.